The predicted octanol–water partition coefficient (Wildman–Crippen LogP) is 5.70. The quantitative estimate of drug-likeness (QED) is 0.254. The van der Waals surface area contributed by atoms with Gasteiger partial charge >= 0.3 is 5.63 Å². The summed E-state index contributed by atoms with van der Waals surface area (Å²) in [7, 11) is 0. The third kappa shape index (κ3) is 5.45. The molecule has 3 aromatic carbocycles. The molecule has 4 aromatic rings. The molecule has 0 aliphatic heterocycles. The number of para-hydroxylation sites is 1. The van der Waals surface area contributed by atoms with Crippen LogP contribution in [0.15, 0.2) is 98.6 Å². The van der Waals surface area contributed by atoms with Crippen LogP contribution in [0.5, 0.6) is 0 Å². The Kier molecular flexibility index (Phi) is 7.02. The standard InChI is InChI=1S/C26H23BrN2O3/c27-21-13-11-20(12-14-21)26(31)29(18-19-7-2-1-3-8-19)16-6-15-28-23-17-25(30)32-24-10-5-4-9-22(23)24/h1-5,7-14,17,28H,6,15-16,18H2. The van der Waals surface area contributed by atoms with Crippen LogP contribution in [0, 0.1) is 0 Å². The number of nitrogens with one attached hydrogen (secondary N) is 1. The highest BCUT2D eigenvalue weighted by Crippen LogP contribution is 2.21. The van der Waals surface area contributed by atoms with E-state index < -0.39 is 0 Å². The molecule has 0 radical (unpaired) electrons. The summed E-state index contributed by atoms with van der Waals surface area (Å²) >= 11 is 3.42. The van der Waals surface area contributed by atoms with Crippen LogP contribution in [0.1, 0.15) is 22.3 Å². The van der Waals surface area contributed by atoms with E-state index in [1.807, 2.05) is 77.7 Å². The normalized spacial score (nSPS) is 10.8. The average Bonchev–Trinajstić information content (AvgIpc) is 2.81. The Hall–Kier alpha value is -3.38. The lowest BCUT2D eigenvalue weighted by Gasteiger charge is -2.23. The minimum absolute atomic E-state index is 0.00726. The van der Waals surface area contributed by atoms with E-state index >= 15 is 0 Å². The van der Waals surface area contributed by atoms with Gasteiger partial charge < -0.3 is 14.6 Å². The number of hydrogen-bond acceptors (Lipinski definition) is 4. The van der Waals surface area contributed by atoms with Crippen LogP contribution >= 0.6 is 15.9 Å². The zero-order valence-corrected chi connectivity index (χ0v) is 19.0. The molecule has 4 rings (SSSR count). The molecule has 0 atom stereocenters. The first-order chi connectivity index (χ1) is 15.6. The summed E-state index contributed by atoms with van der Waals surface area (Å²) in [4.78, 5) is 26.9. The van der Waals surface area contributed by atoms with Gasteiger partial charge in [-0.15, -0.1) is 0 Å². The second-order valence-corrected chi connectivity index (χ2v) is 8.39. The number of benzene rings is 3. The van der Waals surface area contributed by atoms with E-state index in [-0.39, 0.29) is 11.5 Å². The summed E-state index contributed by atoms with van der Waals surface area (Å²) in [5.41, 5.74) is 2.65. The van der Waals surface area contributed by atoms with Crippen LogP contribution in [0.4, 0.5) is 5.69 Å². The molecular weight excluding hydrogens is 468 g/mol. The minimum atomic E-state index is -0.387. The largest absolute Gasteiger partial charge is 0.423 e. The van der Waals surface area contributed by atoms with Crippen molar-refractivity contribution in [2.75, 3.05) is 18.4 Å². The van der Waals surface area contributed by atoms with Gasteiger partial charge in [0.05, 0.1) is 5.69 Å². The molecule has 5 nitrogen and oxygen atoms in total. The lowest BCUT2D eigenvalue weighted by atomic mass is 10.1. The summed E-state index contributed by atoms with van der Waals surface area (Å²) in [6.45, 7) is 1.73. The molecule has 0 fully saturated rings. The molecule has 1 amide bonds. The molecule has 1 aromatic heterocycles. The first-order valence-corrected chi connectivity index (χ1v) is 11.2. The highest BCUT2D eigenvalue weighted by molar-refractivity contribution is 9.10. The smallest absolute Gasteiger partial charge is 0.338 e. The van der Waals surface area contributed by atoms with Crippen molar-refractivity contribution in [1.82, 2.24) is 4.90 Å². The number of hydrogen-bond donors (Lipinski definition) is 1. The fraction of sp³-hybridized carbons (Fsp3) is 0.154. The number of carbonyl (C=O) groups excluding carboxylic acids is 1. The van der Waals surface area contributed by atoms with E-state index in [0.29, 0.717) is 30.8 Å². The summed E-state index contributed by atoms with van der Waals surface area (Å²) in [5, 5.41) is 4.19. The fourth-order valence-electron chi connectivity index (χ4n) is 3.58. The Morgan fingerprint density at radius 3 is 2.44 bits per heavy atom. The topological polar surface area (TPSA) is 62.6 Å². The lowest BCUT2D eigenvalue weighted by molar-refractivity contribution is 0.0742. The third-order valence-electron chi connectivity index (χ3n) is 5.16. The second kappa shape index (κ2) is 10.3. The number of nitrogens with zero attached hydrogens (tertiary/aromatic N) is 1. The molecule has 0 bridgehead atoms. The van der Waals surface area contributed by atoms with Gasteiger partial charge in [0.15, 0.2) is 0 Å². The molecule has 0 saturated carbocycles. The Labute approximate surface area is 194 Å². The van der Waals surface area contributed by atoms with Gasteiger partial charge in [-0.05, 0) is 48.4 Å². The number of fused-ring (bicyclic) bond motifs is 1. The van der Waals surface area contributed by atoms with Crippen molar-refractivity contribution in [2.24, 2.45) is 0 Å². The van der Waals surface area contributed by atoms with Gasteiger partial charge in [0.2, 0.25) is 0 Å². The molecule has 32 heavy (non-hydrogen) atoms. The van der Waals surface area contributed by atoms with E-state index in [0.717, 1.165) is 27.5 Å². The number of anilines is 1. The van der Waals surface area contributed by atoms with Gasteiger partial charge in [-0.3, -0.25) is 4.79 Å². The van der Waals surface area contributed by atoms with Crippen LogP contribution in [-0.2, 0) is 6.54 Å². The molecular formula is C26H23BrN2O3. The summed E-state index contributed by atoms with van der Waals surface area (Å²) in [6.07, 6.45) is 0.726. The van der Waals surface area contributed by atoms with E-state index in [9.17, 15) is 9.59 Å². The Morgan fingerprint density at radius 1 is 0.938 bits per heavy atom. The molecule has 0 aliphatic carbocycles. The number of halogens is 1. The Morgan fingerprint density at radius 2 is 1.66 bits per heavy atom. The van der Waals surface area contributed by atoms with Crippen molar-refractivity contribution in [3.05, 3.63) is 111 Å². The molecule has 1 N–H and O–H groups in total. The molecule has 0 aliphatic rings. The Bertz CT molecular complexity index is 1250. The molecule has 1 heterocycles. The van der Waals surface area contributed by atoms with E-state index in [1.54, 1.807) is 6.07 Å². The predicted molar refractivity (Wildman–Crippen MR) is 131 cm³/mol. The average molecular weight is 491 g/mol. The molecule has 0 unspecified atom stereocenters. The third-order valence-corrected chi connectivity index (χ3v) is 5.69. The first kappa shape index (κ1) is 21.8. The SMILES string of the molecule is O=C(c1ccc(Br)cc1)N(CCCNc1cc(=O)oc2ccccc12)Cc1ccccc1. The highest BCUT2D eigenvalue weighted by Gasteiger charge is 2.16. The maximum absolute atomic E-state index is 13.2. The Balaban J connectivity index is 1.45. The van der Waals surface area contributed by atoms with Crippen LogP contribution < -0.4 is 10.9 Å². The summed E-state index contributed by atoms with van der Waals surface area (Å²) < 4.78 is 6.19. The second-order valence-electron chi connectivity index (χ2n) is 7.47. The van der Waals surface area contributed by atoms with Crippen LogP contribution in [0.2, 0.25) is 0 Å². The van der Waals surface area contributed by atoms with Crippen molar-refractivity contribution in [2.45, 2.75) is 13.0 Å². The molecule has 0 saturated heterocycles. The van der Waals surface area contributed by atoms with Crippen molar-refractivity contribution >= 4 is 38.5 Å². The fourth-order valence-corrected chi connectivity index (χ4v) is 3.85. The van der Waals surface area contributed by atoms with Crippen molar-refractivity contribution in [3.8, 4) is 0 Å². The number of rotatable bonds is 8. The van der Waals surface area contributed by atoms with Crippen LogP contribution in [0.3, 0.4) is 0 Å². The van der Waals surface area contributed by atoms with Gasteiger partial charge in [-0.2, -0.15) is 0 Å². The van der Waals surface area contributed by atoms with Crippen molar-refractivity contribution in [1.29, 1.82) is 0 Å². The highest BCUT2D eigenvalue weighted by atomic mass is 79.9. The monoisotopic (exact) mass is 490 g/mol. The van der Waals surface area contributed by atoms with E-state index in [1.165, 1.54) is 6.07 Å². The van der Waals surface area contributed by atoms with Gasteiger partial charge in [-0.1, -0.05) is 58.4 Å². The number of carbonyl (C=O) groups is 1. The van der Waals surface area contributed by atoms with Crippen molar-refractivity contribution in [3.63, 3.8) is 0 Å². The van der Waals surface area contributed by atoms with Gasteiger partial charge in [0.1, 0.15) is 5.58 Å². The molecule has 0 spiro atoms. The zero-order chi connectivity index (χ0) is 22.3. The zero-order valence-electron chi connectivity index (χ0n) is 17.5. The maximum atomic E-state index is 13.2. The van der Waals surface area contributed by atoms with Gasteiger partial charge in [-0.25, -0.2) is 4.79 Å². The van der Waals surface area contributed by atoms with Crippen LogP contribution in [0.25, 0.3) is 11.0 Å². The molecule has 162 valence electrons. The van der Waals surface area contributed by atoms with E-state index in [2.05, 4.69) is 21.2 Å². The van der Waals surface area contributed by atoms with Crippen LogP contribution in [-0.4, -0.2) is 23.9 Å². The van der Waals surface area contributed by atoms with Crippen molar-refractivity contribution < 1.29 is 9.21 Å². The van der Waals surface area contributed by atoms with E-state index in [4.69, 9.17) is 4.42 Å². The molecule has 6 heteroatoms. The maximum Gasteiger partial charge on any atom is 0.338 e. The van der Waals surface area contributed by atoms with Gasteiger partial charge in [0, 0.05) is 41.1 Å². The summed E-state index contributed by atoms with van der Waals surface area (Å²) in [6, 6.07) is 26.3. The summed E-state index contributed by atoms with van der Waals surface area (Å²) in [5.74, 6) is -0.00726. The lowest BCUT2D eigenvalue weighted by Crippen LogP contribution is -2.32. The number of amides is 1. The minimum Gasteiger partial charge on any atom is -0.423 e. The first-order valence-electron chi connectivity index (χ1n) is 10.5. The van der Waals surface area contributed by atoms with Gasteiger partial charge in [0.25, 0.3) is 5.91 Å².